The van der Waals surface area contributed by atoms with Gasteiger partial charge in [0, 0.05) is 19.3 Å². The molecule has 0 bridgehead atoms. The van der Waals surface area contributed by atoms with Crippen molar-refractivity contribution in [2.24, 2.45) is 0 Å². The number of nitrogens with one attached hydrogen (secondary N) is 1. The highest BCUT2D eigenvalue weighted by molar-refractivity contribution is 7.89. The Bertz CT molecular complexity index is 1210. The third kappa shape index (κ3) is 6.18. The number of benzene rings is 3. The van der Waals surface area contributed by atoms with Crippen molar-refractivity contribution in [2.45, 2.75) is 11.4 Å². The molecule has 172 valence electrons. The molecule has 0 heterocycles. The highest BCUT2D eigenvalue weighted by Gasteiger charge is 2.27. The van der Waals surface area contributed by atoms with Crippen molar-refractivity contribution in [3.63, 3.8) is 0 Å². The van der Waals surface area contributed by atoms with Crippen LogP contribution in [0.1, 0.15) is 15.9 Å². The fourth-order valence-electron chi connectivity index (χ4n) is 3.03. The fourth-order valence-corrected chi connectivity index (χ4v) is 4.37. The van der Waals surface area contributed by atoms with Crippen LogP contribution in [0.5, 0.6) is 5.75 Å². The van der Waals surface area contributed by atoms with Gasteiger partial charge in [0.15, 0.2) is 6.61 Å². The second-order valence-electron chi connectivity index (χ2n) is 7.10. The lowest BCUT2D eigenvalue weighted by molar-refractivity contribution is -0.119. The number of para-hydroxylation sites is 1. The van der Waals surface area contributed by atoms with Gasteiger partial charge >= 0.3 is 5.97 Å². The van der Waals surface area contributed by atoms with Crippen LogP contribution in [0.4, 0.5) is 5.69 Å². The maximum atomic E-state index is 13.2. The molecule has 0 aliphatic rings. The van der Waals surface area contributed by atoms with E-state index in [-0.39, 0.29) is 22.8 Å². The van der Waals surface area contributed by atoms with E-state index in [1.807, 2.05) is 36.4 Å². The van der Waals surface area contributed by atoms with Gasteiger partial charge in [0.1, 0.15) is 10.6 Å². The van der Waals surface area contributed by atoms with Crippen LogP contribution in [0.15, 0.2) is 83.8 Å². The largest absolute Gasteiger partial charge is 0.495 e. The average molecular weight is 469 g/mol. The Morgan fingerprint density at radius 3 is 2.21 bits per heavy atom. The topological polar surface area (TPSA) is 102 Å². The lowest BCUT2D eigenvalue weighted by Gasteiger charge is -2.19. The summed E-state index contributed by atoms with van der Waals surface area (Å²) in [6.45, 7) is -0.379. The number of ether oxygens (including phenoxy) is 2. The molecule has 3 aromatic rings. The van der Waals surface area contributed by atoms with E-state index in [0.717, 1.165) is 5.56 Å². The summed E-state index contributed by atoms with van der Waals surface area (Å²) in [5, 5.41) is 2.60. The number of anilines is 1. The second kappa shape index (κ2) is 10.8. The Hall–Kier alpha value is -3.69. The molecule has 1 N–H and O–H groups in total. The number of esters is 1. The molecule has 0 radical (unpaired) electrons. The van der Waals surface area contributed by atoms with Crippen molar-refractivity contribution in [2.75, 3.05) is 26.1 Å². The van der Waals surface area contributed by atoms with E-state index in [2.05, 4.69) is 5.32 Å². The van der Waals surface area contributed by atoms with Crippen molar-refractivity contribution in [1.82, 2.24) is 4.31 Å². The molecule has 1 amide bonds. The van der Waals surface area contributed by atoms with E-state index in [0.29, 0.717) is 5.69 Å². The molecular weight excluding hydrogens is 444 g/mol. The van der Waals surface area contributed by atoms with Crippen molar-refractivity contribution in [3.8, 4) is 5.75 Å². The average Bonchev–Trinajstić information content (AvgIpc) is 2.83. The minimum Gasteiger partial charge on any atom is -0.495 e. The summed E-state index contributed by atoms with van der Waals surface area (Å²) < 4.78 is 37.8. The van der Waals surface area contributed by atoms with Crippen LogP contribution in [0.2, 0.25) is 0 Å². The third-order valence-electron chi connectivity index (χ3n) is 4.73. The standard InChI is InChI=1S/C24H24N2O6S/c1-26(16-18-9-5-3-6-10-18)33(29,30)22-15-19(13-14-21(22)31-2)24(28)32-17-23(27)25-20-11-7-4-8-12-20/h3-15H,16-17H2,1-2H3,(H,25,27). The monoisotopic (exact) mass is 468 g/mol. The number of sulfonamides is 1. The van der Waals surface area contributed by atoms with Crippen molar-refractivity contribution < 1.29 is 27.5 Å². The van der Waals surface area contributed by atoms with E-state index < -0.39 is 28.5 Å². The van der Waals surface area contributed by atoms with Gasteiger partial charge in [-0.15, -0.1) is 0 Å². The Morgan fingerprint density at radius 1 is 0.939 bits per heavy atom. The zero-order valence-electron chi connectivity index (χ0n) is 18.2. The Kier molecular flexibility index (Phi) is 7.81. The van der Waals surface area contributed by atoms with Gasteiger partial charge in [-0.2, -0.15) is 4.31 Å². The molecule has 0 aliphatic carbocycles. The maximum absolute atomic E-state index is 13.2. The number of carbonyl (C=O) groups is 2. The van der Waals surface area contributed by atoms with Gasteiger partial charge in [-0.05, 0) is 35.9 Å². The van der Waals surface area contributed by atoms with Crippen molar-refractivity contribution >= 4 is 27.6 Å². The molecule has 0 unspecified atom stereocenters. The van der Waals surface area contributed by atoms with Crippen LogP contribution in [0.3, 0.4) is 0 Å². The first-order valence-corrected chi connectivity index (χ1v) is 11.5. The summed E-state index contributed by atoms with van der Waals surface area (Å²) >= 11 is 0. The van der Waals surface area contributed by atoms with Gasteiger partial charge in [-0.3, -0.25) is 4.79 Å². The van der Waals surface area contributed by atoms with Crippen molar-refractivity contribution in [3.05, 3.63) is 90.0 Å². The maximum Gasteiger partial charge on any atom is 0.338 e. The lowest BCUT2D eigenvalue weighted by atomic mass is 10.2. The Labute approximate surface area is 192 Å². The minimum absolute atomic E-state index is 0.0185. The number of carbonyl (C=O) groups excluding carboxylic acids is 2. The number of methoxy groups -OCH3 is 1. The smallest absolute Gasteiger partial charge is 0.338 e. The molecule has 3 aromatic carbocycles. The van der Waals surface area contributed by atoms with E-state index in [1.165, 1.54) is 36.7 Å². The predicted octanol–water partition coefficient (Wildman–Crippen LogP) is 3.31. The molecule has 33 heavy (non-hydrogen) atoms. The van der Waals surface area contributed by atoms with Crippen LogP contribution in [-0.4, -0.2) is 45.4 Å². The highest BCUT2D eigenvalue weighted by Crippen LogP contribution is 2.28. The van der Waals surface area contributed by atoms with Gasteiger partial charge in [0.25, 0.3) is 5.91 Å². The molecule has 0 aliphatic heterocycles. The molecule has 0 atom stereocenters. The first kappa shape index (κ1) is 24.0. The van der Waals surface area contributed by atoms with Crippen LogP contribution in [0.25, 0.3) is 0 Å². The van der Waals surface area contributed by atoms with E-state index in [4.69, 9.17) is 9.47 Å². The summed E-state index contributed by atoms with van der Waals surface area (Å²) in [5.41, 5.74) is 1.36. The van der Waals surface area contributed by atoms with Crippen LogP contribution in [0, 0.1) is 0 Å². The first-order valence-electron chi connectivity index (χ1n) is 10.0. The van der Waals surface area contributed by atoms with E-state index in [1.54, 1.807) is 24.3 Å². The molecule has 0 saturated carbocycles. The number of rotatable bonds is 9. The van der Waals surface area contributed by atoms with E-state index in [9.17, 15) is 18.0 Å². The first-order chi connectivity index (χ1) is 15.8. The number of amides is 1. The summed E-state index contributed by atoms with van der Waals surface area (Å²) in [4.78, 5) is 24.3. The number of hydrogen-bond acceptors (Lipinski definition) is 6. The fraction of sp³-hybridized carbons (Fsp3) is 0.167. The number of hydrogen-bond donors (Lipinski definition) is 1. The van der Waals surface area contributed by atoms with Crippen LogP contribution >= 0.6 is 0 Å². The highest BCUT2D eigenvalue weighted by atomic mass is 32.2. The summed E-state index contributed by atoms with van der Waals surface area (Å²) in [5.74, 6) is -1.25. The number of nitrogens with zero attached hydrogens (tertiary/aromatic N) is 1. The molecule has 8 nitrogen and oxygen atoms in total. The molecule has 0 spiro atoms. The van der Waals surface area contributed by atoms with Gasteiger partial charge in [-0.25, -0.2) is 13.2 Å². The summed E-state index contributed by atoms with van der Waals surface area (Å²) in [6.07, 6.45) is 0. The Morgan fingerprint density at radius 2 is 1.58 bits per heavy atom. The molecule has 0 saturated heterocycles. The molecule has 3 rings (SSSR count). The van der Waals surface area contributed by atoms with Gasteiger partial charge in [-0.1, -0.05) is 48.5 Å². The zero-order valence-corrected chi connectivity index (χ0v) is 19.0. The van der Waals surface area contributed by atoms with Crippen LogP contribution < -0.4 is 10.1 Å². The third-order valence-corrected chi connectivity index (χ3v) is 6.55. The molecule has 9 heteroatoms. The van der Waals surface area contributed by atoms with Gasteiger partial charge < -0.3 is 14.8 Å². The van der Waals surface area contributed by atoms with Gasteiger partial charge in [0.2, 0.25) is 10.0 Å². The van der Waals surface area contributed by atoms with Crippen LogP contribution in [-0.2, 0) is 26.1 Å². The summed E-state index contributed by atoms with van der Waals surface area (Å²) in [6, 6.07) is 21.8. The predicted molar refractivity (Wildman–Crippen MR) is 123 cm³/mol. The quantitative estimate of drug-likeness (QED) is 0.484. The Balaban J connectivity index is 1.74. The second-order valence-corrected chi connectivity index (χ2v) is 9.12. The molecule has 0 aromatic heterocycles. The lowest BCUT2D eigenvalue weighted by Crippen LogP contribution is -2.27. The minimum atomic E-state index is -3.99. The van der Waals surface area contributed by atoms with Crippen molar-refractivity contribution in [1.29, 1.82) is 0 Å². The molecular formula is C24H24N2O6S. The molecule has 0 fully saturated rings. The SMILES string of the molecule is COc1ccc(C(=O)OCC(=O)Nc2ccccc2)cc1S(=O)(=O)N(C)Cc1ccccc1. The van der Waals surface area contributed by atoms with E-state index >= 15 is 0 Å². The summed E-state index contributed by atoms with van der Waals surface area (Å²) in [7, 11) is -1.20. The van der Waals surface area contributed by atoms with Gasteiger partial charge in [0.05, 0.1) is 12.7 Å². The normalized spacial score (nSPS) is 11.1. The zero-order chi connectivity index (χ0) is 23.8.